The van der Waals surface area contributed by atoms with Gasteiger partial charge in [-0.2, -0.15) is 39.5 Å². The van der Waals surface area contributed by atoms with Crippen LogP contribution < -0.4 is 4.74 Å². The zero-order chi connectivity index (χ0) is 22.0. The molecule has 28 heavy (non-hydrogen) atoms. The van der Waals surface area contributed by atoms with E-state index in [1.807, 2.05) is 6.92 Å². The lowest BCUT2D eigenvalue weighted by atomic mass is 9.86. The maximum absolute atomic E-state index is 14.0. The molecule has 0 aliphatic heterocycles. The molecule has 0 saturated heterocycles. The topological polar surface area (TPSA) is 18.5 Å². The van der Waals surface area contributed by atoms with Crippen LogP contribution in [0.15, 0.2) is 24.3 Å². The van der Waals surface area contributed by atoms with Gasteiger partial charge in [-0.15, -0.1) is 0 Å². The monoisotopic (exact) mass is 426 g/mol. The van der Waals surface area contributed by atoms with Crippen LogP contribution in [0.25, 0.3) is 0 Å². The molecule has 2 nitrogen and oxygen atoms in total. The van der Waals surface area contributed by atoms with E-state index in [1.165, 1.54) is 24.3 Å². The second-order valence-electron chi connectivity index (χ2n) is 6.34. The largest absolute Gasteiger partial charge is 0.494 e. The van der Waals surface area contributed by atoms with E-state index in [-0.39, 0.29) is 5.56 Å². The lowest BCUT2D eigenvalue weighted by Gasteiger charge is -2.38. The van der Waals surface area contributed by atoms with Gasteiger partial charge in [-0.05, 0) is 31.0 Å². The van der Waals surface area contributed by atoms with Gasteiger partial charge in [0.25, 0.3) is 0 Å². The van der Waals surface area contributed by atoms with Crippen LogP contribution in [0.4, 0.5) is 39.5 Å². The van der Waals surface area contributed by atoms with Gasteiger partial charge in [-0.1, -0.05) is 19.1 Å². The fourth-order valence-electron chi connectivity index (χ4n) is 2.36. The first kappa shape index (κ1) is 24.4. The summed E-state index contributed by atoms with van der Waals surface area (Å²) in [6.07, 6.45) is -8.31. The molecule has 11 heteroatoms. The lowest BCUT2D eigenvalue weighted by molar-refractivity contribution is -0.400. The van der Waals surface area contributed by atoms with Crippen molar-refractivity contribution in [2.24, 2.45) is 0 Å². The number of hydrogen-bond acceptors (Lipinski definition) is 2. The second kappa shape index (κ2) is 8.00. The lowest BCUT2D eigenvalue weighted by Crippen LogP contribution is -2.62. The van der Waals surface area contributed by atoms with Crippen molar-refractivity contribution >= 4 is 0 Å². The first-order chi connectivity index (χ1) is 12.6. The predicted molar refractivity (Wildman–Crippen MR) is 82.1 cm³/mol. The quantitative estimate of drug-likeness (QED) is 0.438. The van der Waals surface area contributed by atoms with Gasteiger partial charge in [-0.25, -0.2) is 0 Å². The Morgan fingerprint density at radius 2 is 1.32 bits per heavy atom. The van der Waals surface area contributed by atoms with Crippen LogP contribution in [0.5, 0.6) is 5.75 Å². The van der Waals surface area contributed by atoms with Crippen LogP contribution in [0.2, 0.25) is 0 Å². The highest BCUT2D eigenvalue weighted by atomic mass is 19.4. The summed E-state index contributed by atoms with van der Waals surface area (Å²) in [4.78, 5) is 0. The van der Waals surface area contributed by atoms with Gasteiger partial charge in [0.1, 0.15) is 5.75 Å². The standard InChI is InChI=1S/C17H19F9O2/c1-4-9-28-12-7-5-11(6-8-12)13(2,27-3)10-14(18,19)15(20,21)16(22,23)17(24,25)26/h5-8H,4,9-10H2,1-3H3. The summed E-state index contributed by atoms with van der Waals surface area (Å²) < 4.78 is 128. The zero-order valence-corrected chi connectivity index (χ0v) is 15.1. The Labute approximate surface area is 155 Å². The molecule has 0 radical (unpaired) electrons. The summed E-state index contributed by atoms with van der Waals surface area (Å²) in [5.41, 5.74) is -2.41. The van der Waals surface area contributed by atoms with Gasteiger partial charge in [0.15, 0.2) is 0 Å². The van der Waals surface area contributed by atoms with Crippen molar-refractivity contribution in [2.75, 3.05) is 13.7 Å². The fraction of sp³-hybridized carbons (Fsp3) is 0.647. The van der Waals surface area contributed by atoms with E-state index in [0.29, 0.717) is 18.8 Å². The molecule has 1 atom stereocenters. The maximum Gasteiger partial charge on any atom is 0.460 e. The molecular formula is C17H19F9O2. The Bertz CT molecular complexity index is 641. The zero-order valence-electron chi connectivity index (χ0n) is 15.1. The average molecular weight is 426 g/mol. The molecule has 0 aromatic heterocycles. The predicted octanol–water partition coefficient (Wildman–Crippen LogP) is 6.20. The third kappa shape index (κ3) is 4.49. The van der Waals surface area contributed by atoms with E-state index in [9.17, 15) is 39.5 Å². The van der Waals surface area contributed by atoms with Crippen molar-refractivity contribution in [3.63, 3.8) is 0 Å². The van der Waals surface area contributed by atoms with Crippen LogP contribution in [0, 0.1) is 0 Å². The number of benzene rings is 1. The van der Waals surface area contributed by atoms with Crippen molar-refractivity contribution in [3.8, 4) is 5.75 Å². The highest BCUT2D eigenvalue weighted by Crippen LogP contribution is 2.56. The first-order valence-corrected chi connectivity index (χ1v) is 8.04. The summed E-state index contributed by atoms with van der Waals surface area (Å²) in [6.45, 7) is 3.05. The van der Waals surface area contributed by atoms with Gasteiger partial charge in [0.05, 0.1) is 18.6 Å². The average Bonchev–Trinajstić information content (AvgIpc) is 2.58. The van der Waals surface area contributed by atoms with Crippen molar-refractivity contribution < 1.29 is 49.0 Å². The van der Waals surface area contributed by atoms with Gasteiger partial charge in [-0.3, -0.25) is 0 Å². The molecule has 1 rings (SSSR count). The Balaban J connectivity index is 3.21. The number of hydrogen-bond donors (Lipinski definition) is 0. The molecule has 0 N–H and O–H groups in total. The van der Waals surface area contributed by atoms with E-state index in [4.69, 9.17) is 9.47 Å². The van der Waals surface area contributed by atoms with Crippen LogP contribution in [-0.2, 0) is 10.3 Å². The number of alkyl halides is 9. The van der Waals surface area contributed by atoms with E-state index in [0.717, 1.165) is 14.0 Å². The number of ether oxygens (including phenoxy) is 2. The van der Waals surface area contributed by atoms with E-state index >= 15 is 0 Å². The molecule has 0 fully saturated rings. The van der Waals surface area contributed by atoms with Crippen LogP contribution in [-0.4, -0.2) is 37.7 Å². The van der Waals surface area contributed by atoms with Gasteiger partial charge < -0.3 is 9.47 Å². The Morgan fingerprint density at radius 3 is 1.71 bits per heavy atom. The summed E-state index contributed by atoms with van der Waals surface area (Å²) >= 11 is 0. The molecule has 1 unspecified atom stereocenters. The summed E-state index contributed by atoms with van der Waals surface area (Å²) in [5, 5.41) is 0. The number of methoxy groups -OCH3 is 1. The number of halogens is 9. The summed E-state index contributed by atoms with van der Waals surface area (Å²) in [6, 6.07) is 4.96. The highest BCUT2D eigenvalue weighted by Gasteiger charge is 2.82. The fourth-order valence-corrected chi connectivity index (χ4v) is 2.36. The molecule has 1 aromatic carbocycles. The van der Waals surface area contributed by atoms with E-state index in [1.54, 1.807) is 0 Å². The molecule has 0 spiro atoms. The molecule has 0 saturated carbocycles. The van der Waals surface area contributed by atoms with Crippen molar-refractivity contribution in [2.45, 2.75) is 56.2 Å². The molecule has 1 aromatic rings. The minimum absolute atomic E-state index is 0.135. The third-order valence-corrected chi connectivity index (χ3v) is 4.16. The smallest absolute Gasteiger partial charge is 0.460 e. The van der Waals surface area contributed by atoms with Crippen molar-refractivity contribution in [1.29, 1.82) is 0 Å². The molecule has 0 aliphatic rings. The van der Waals surface area contributed by atoms with Gasteiger partial charge in [0.2, 0.25) is 0 Å². The number of rotatable bonds is 9. The van der Waals surface area contributed by atoms with E-state index in [2.05, 4.69) is 0 Å². The normalized spacial score (nSPS) is 16.0. The highest BCUT2D eigenvalue weighted by molar-refractivity contribution is 5.31. The van der Waals surface area contributed by atoms with Gasteiger partial charge >= 0.3 is 23.9 Å². The molecule has 0 bridgehead atoms. The first-order valence-electron chi connectivity index (χ1n) is 8.04. The molecule has 0 heterocycles. The minimum atomic E-state index is -6.93. The Kier molecular flexibility index (Phi) is 6.97. The van der Waals surface area contributed by atoms with Crippen LogP contribution in [0.1, 0.15) is 32.3 Å². The third-order valence-electron chi connectivity index (χ3n) is 4.16. The van der Waals surface area contributed by atoms with Crippen LogP contribution in [0.3, 0.4) is 0 Å². The second-order valence-corrected chi connectivity index (χ2v) is 6.34. The molecule has 0 amide bonds. The van der Waals surface area contributed by atoms with E-state index < -0.39 is 36.0 Å². The van der Waals surface area contributed by atoms with Crippen LogP contribution >= 0.6 is 0 Å². The molecular weight excluding hydrogens is 407 g/mol. The molecule has 162 valence electrons. The van der Waals surface area contributed by atoms with Crippen molar-refractivity contribution in [1.82, 2.24) is 0 Å². The maximum atomic E-state index is 14.0. The summed E-state index contributed by atoms with van der Waals surface area (Å²) in [7, 11) is 0.845. The Hall–Kier alpha value is -1.65. The SMILES string of the molecule is CCCOc1ccc(C(C)(CC(F)(F)C(F)(F)C(F)(F)C(F)(F)F)OC)cc1. The Morgan fingerprint density at radius 1 is 0.821 bits per heavy atom. The van der Waals surface area contributed by atoms with Crippen molar-refractivity contribution in [3.05, 3.63) is 29.8 Å². The minimum Gasteiger partial charge on any atom is -0.494 e. The summed E-state index contributed by atoms with van der Waals surface area (Å²) in [5.74, 6) is -19.0. The van der Waals surface area contributed by atoms with Gasteiger partial charge in [0, 0.05) is 7.11 Å². The molecule has 0 aliphatic carbocycles.